The van der Waals surface area contributed by atoms with Gasteiger partial charge in [-0.15, -0.1) is 0 Å². The molecule has 3 rings (SSSR count). The normalized spacial score (nSPS) is 22.2. The highest BCUT2D eigenvalue weighted by Gasteiger charge is 2.23. The van der Waals surface area contributed by atoms with Crippen LogP contribution in [-0.2, 0) is 16.1 Å². The number of carbonyl (C=O) groups is 1. The molecule has 5 nitrogen and oxygen atoms in total. The number of nitrogens with one attached hydrogen (secondary N) is 1. The van der Waals surface area contributed by atoms with Gasteiger partial charge < -0.3 is 15.0 Å². The number of amides is 1. The number of ether oxygens (including phenoxy) is 1. The van der Waals surface area contributed by atoms with Crippen molar-refractivity contribution in [2.24, 2.45) is 0 Å². The maximum atomic E-state index is 11.9. The van der Waals surface area contributed by atoms with E-state index in [1.807, 2.05) is 12.3 Å². The van der Waals surface area contributed by atoms with Crippen LogP contribution in [0, 0.1) is 0 Å². The van der Waals surface area contributed by atoms with Crippen LogP contribution in [0.2, 0.25) is 0 Å². The molecule has 2 aliphatic rings. The van der Waals surface area contributed by atoms with Crippen molar-refractivity contribution in [3.63, 3.8) is 0 Å². The molecular weight excluding hydrogens is 254 g/mol. The lowest BCUT2D eigenvalue weighted by molar-refractivity contribution is -0.130. The molecule has 20 heavy (non-hydrogen) atoms. The van der Waals surface area contributed by atoms with Gasteiger partial charge >= 0.3 is 0 Å². The molecule has 3 heterocycles. The summed E-state index contributed by atoms with van der Waals surface area (Å²) < 4.78 is 5.38. The van der Waals surface area contributed by atoms with E-state index in [9.17, 15) is 4.79 Å². The molecule has 1 N–H and O–H groups in total. The van der Waals surface area contributed by atoms with Crippen molar-refractivity contribution in [1.82, 2.24) is 10.3 Å². The molecule has 2 saturated heterocycles. The number of hydrogen-bond acceptors (Lipinski definition) is 4. The Morgan fingerprint density at radius 2 is 2.25 bits per heavy atom. The molecule has 1 atom stereocenters. The summed E-state index contributed by atoms with van der Waals surface area (Å²) >= 11 is 0. The van der Waals surface area contributed by atoms with Gasteiger partial charge in [0.15, 0.2) is 0 Å². The van der Waals surface area contributed by atoms with Crippen LogP contribution in [0.1, 0.15) is 31.2 Å². The first kappa shape index (κ1) is 13.4. The largest absolute Gasteiger partial charge is 0.368 e. The van der Waals surface area contributed by atoms with Crippen LogP contribution >= 0.6 is 0 Å². The summed E-state index contributed by atoms with van der Waals surface area (Å²) in [6.45, 7) is 3.41. The first-order valence-corrected chi connectivity index (χ1v) is 7.42. The van der Waals surface area contributed by atoms with Crippen LogP contribution in [0.4, 0.5) is 5.82 Å². The monoisotopic (exact) mass is 275 g/mol. The van der Waals surface area contributed by atoms with Crippen molar-refractivity contribution in [1.29, 1.82) is 0 Å². The summed E-state index contributed by atoms with van der Waals surface area (Å²) in [5.41, 5.74) is 1.09. The van der Waals surface area contributed by atoms with Gasteiger partial charge in [-0.25, -0.2) is 4.98 Å². The maximum absolute atomic E-state index is 11.9. The SMILES string of the molecule is O=C(NCc1ccnc(N2CCCC2)c1)C1CCCO1. The molecule has 0 saturated carbocycles. The molecular formula is C15H21N3O2. The van der Waals surface area contributed by atoms with Crippen LogP contribution in [0.5, 0.6) is 0 Å². The van der Waals surface area contributed by atoms with Crippen LogP contribution in [0.3, 0.4) is 0 Å². The number of pyridine rings is 1. The topological polar surface area (TPSA) is 54.5 Å². The van der Waals surface area contributed by atoms with E-state index < -0.39 is 0 Å². The molecule has 108 valence electrons. The van der Waals surface area contributed by atoms with Crippen LogP contribution in [-0.4, -0.2) is 36.7 Å². The maximum Gasteiger partial charge on any atom is 0.249 e. The Labute approximate surface area is 119 Å². The van der Waals surface area contributed by atoms with E-state index in [0.29, 0.717) is 13.2 Å². The summed E-state index contributed by atoms with van der Waals surface area (Å²) in [4.78, 5) is 18.6. The highest BCUT2D eigenvalue weighted by atomic mass is 16.5. The fourth-order valence-corrected chi connectivity index (χ4v) is 2.78. The molecule has 5 heteroatoms. The van der Waals surface area contributed by atoms with Gasteiger partial charge in [0.2, 0.25) is 5.91 Å². The Balaban J connectivity index is 1.56. The molecule has 0 spiro atoms. The molecule has 1 aromatic heterocycles. The Kier molecular flexibility index (Phi) is 4.16. The minimum Gasteiger partial charge on any atom is -0.368 e. The second kappa shape index (κ2) is 6.22. The van der Waals surface area contributed by atoms with Gasteiger partial charge in [0, 0.05) is 32.4 Å². The zero-order chi connectivity index (χ0) is 13.8. The van der Waals surface area contributed by atoms with E-state index in [1.54, 1.807) is 0 Å². The molecule has 0 aliphatic carbocycles. The Bertz CT molecular complexity index is 466. The molecule has 2 fully saturated rings. The van der Waals surface area contributed by atoms with E-state index >= 15 is 0 Å². The van der Waals surface area contributed by atoms with Crippen LogP contribution < -0.4 is 10.2 Å². The van der Waals surface area contributed by atoms with Crippen LogP contribution in [0.25, 0.3) is 0 Å². The molecule has 1 amide bonds. The molecule has 0 bridgehead atoms. The van der Waals surface area contributed by atoms with Crippen molar-refractivity contribution < 1.29 is 9.53 Å². The number of hydrogen-bond donors (Lipinski definition) is 1. The summed E-state index contributed by atoms with van der Waals surface area (Å²) in [6, 6.07) is 4.02. The van der Waals surface area contributed by atoms with Gasteiger partial charge in [-0.1, -0.05) is 0 Å². The van der Waals surface area contributed by atoms with E-state index in [-0.39, 0.29) is 12.0 Å². The highest BCUT2D eigenvalue weighted by molar-refractivity contribution is 5.80. The predicted octanol–water partition coefficient (Wildman–Crippen LogP) is 1.48. The molecule has 1 unspecified atom stereocenters. The van der Waals surface area contributed by atoms with Gasteiger partial charge in [0.05, 0.1) is 0 Å². The van der Waals surface area contributed by atoms with Gasteiger partial charge in [-0.2, -0.15) is 0 Å². The zero-order valence-electron chi connectivity index (χ0n) is 11.7. The summed E-state index contributed by atoms with van der Waals surface area (Å²) in [5.74, 6) is 1.02. The first-order chi connectivity index (χ1) is 9.83. The number of anilines is 1. The van der Waals surface area contributed by atoms with Crippen molar-refractivity contribution in [3.8, 4) is 0 Å². The third kappa shape index (κ3) is 3.10. The van der Waals surface area contributed by atoms with Crippen molar-refractivity contribution >= 4 is 11.7 Å². The number of nitrogens with zero attached hydrogens (tertiary/aromatic N) is 2. The molecule has 0 radical (unpaired) electrons. The average Bonchev–Trinajstić information content (AvgIpc) is 3.17. The van der Waals surface area contributed by atoms with Gasteiger partial charge in [0.25, 0.3) is 0 Å². The number of aromatic nitrogens is 1. The average molecular weight is 275 g/mol. The lowest BCUT2D eigenvalue weighted by atomic mass is 10.2. The molecule has 0 aromatic carbocycles. The summed E-state index contributed by atoms with van der Waals surface area (Å²) in [6.07, 6.45) is 5.85. The zero-order valence-corrected chi connectivity index (χ0v) is 11.7. The molecule has 2 aliphatic heterocycles. The molecule has 1 aromatic rings. The Hall–Kier alpha value is -1.62. The number of carbonyl (C=O) groups excluding carboxylic acids is 1. The second-order valence-electron chi connectivity index (χ2n) is 5.44. The summed E-state index contributed by atoms with van der Waals surface area (Å²) in [5, 5.41) is 2.95. The first-order valence-electron chi connectivity index (χ1n) is 7.42. The minimum atomic E-state index is -0.255. The van der Waals surface area contributed by atoms with E-state index in [0.717, 1.165) is 37.3 Å². The summed E-state index contributed by atoms with van der Waals surface area (Å²) in [7, 11) is 0. The lowest BCUT2D eigenvalue weighted by Crippen LogP contribution is -2.33. The third-order valence-electron chi connectivity index (χ3n) is 3.93. The fourth-order valence-electron chi connectivity index (χ4n) is 2.78. The quantitative estimate of drug-likeness (QED) is 0.904. The van der Waals surface area contributed by atoms with Crippen molar-refractivity contribution in [2.45, 2.75) is 38.3 Å². The van der Waals surface area contributed by atoms with E-state index in [4.69, 9.17) is 4.74 Å². The Morgan fingerprint density at radius 3 is 3.00 bits per heavy atom. The smallest absolute Gasteiger partial charge is 0.249 e. The van der Waals surface area contributed by atoms with Crippen LogP contribution in [0.15, 0.2) is 18.3 Å². The number of rotatable bonds is 4. The predicted molar refractivity (Wildman–Crippen MR) is 76.5 cm³/mol. The van der Waals surface area contributed by atoms with Gasteiger partial charge in [-0.05, 0) is 43.4 Å². The standard InChI is InChI=1S/C15H21N3O2/c19-15(13-4-3-9-20-13)17-11-12-5-6-16-14(10-12)18-7-1-2-8-18/h5-6,10,13H,1-4,7-9,11H2,(H,17,19). The van der Waals surface area contributed by atoms with Gasteiger partial charge in [0.1, 0.15) is 11.9 Å². The third-order valence-corrected chi connectivity index (χ3v) is 3.93. The van der Waals surface area contributed by atoms with Crippen molar-refractivity contribution in [3.05, 3.63) is 23.9 Å². The minimum absolute atomic E-state index is 0.00188. The van der Waals surface area contributed by atoms with Crippen molar-refractivity contribution in [2.75, 3.05) is 24.6 Å². The Morgan fingerprint density at radius 1 is 1.40 bits per heavy atom. The highest BCUT2D eigenvalue weighted by Crippen LogP contribution is 2.18. The second-order valence-corrected chi connectivity index (χ2v) is 5.44. The van der Waals surface area contributed by atoms with E-state index in [1.165, 1.54) is 12.8 Å². The van der Waals surface area contributed by atoms with Gasteiger partial charge in [-0.3, -0.25) is 4.79 Å². The fraction of sp³-hybridized carbons (Fsp3) is 0.600. The lowest BCUT2D eigenvalue weighted by Gasteiger charge is -2.17. The van der Waals surface area contributed by atoms with E-state index in [2.05, 4.69) is 21.3 Å².